The molecule has 0 amide bonds. The molecule has 1 aliphatic carbocycles. The van der Waals surface area contributed by atoms with Crippen LogP contribution in [0.25, 0.3) is 0 Å². The lowest BCUT2D eigenvalue weighted by Crippen LogP contribution is -2.36. The van der Waals surface area contributed by atoms with Crippen molar-refractivity contribution >= 4 is 5.69 Å². The molecule has 0 aromatic carbocycles. The lowest BCUT2D eigenvalue weighted by molar-refractivity contribution is 0.0920. The van der Waals surface area contributed by atoms with Crippen molar-refractivity contribution in [3.63, 3.8) is 0 Å². The molecular formula is C14H23N3O. The molecule has 1 fully saturated rings. The van der Waals surface area contributed by atoms with E-state index in [2.05, 4.69) is 17.2 Å². The number of nitrogens with one attached hydrogen (secondary N) is 1. The molecule has 1 saturated carbocycles. The molecule has 1 unspecified atom stereocenters. The third kappa shape index (κ3) is 3.43. The van der Waals surface area contributed by atoms with Crippen molar-refractivity contribution < 1.29 is 5.11 Å². The van der Waals surface area contributed by atoms with Gasteiger partial charge in [0.25, 0.3) is 0 Å². The fourth-order valence-corrected chi connectivity index (χ4v) is 2.72. The Bertz CT molecular complexity index is 347. The standard InChI is InChI=1S/C14H23N3O/c1-10(15)11-2-4-12(5-3-11)14(18)17-13-6-8-16-9-7-13/h6-12,14,18H,2-5,15H2,1H3,(H,16,17)/t10?,11?,12?,14-/m0/s1. The lowest BCUT2D eigenvalue weighted by atomic mass is 9.78. The predicted octanol–water partition coefficient (Wildman–Crippen LogP) is 1.97. The Morgan fingerprint density at radius 1 is 1.22 bits per heavy atom. The maximum Gasteiger partial charge on any atom is 0.127 e. The van der Waals surface area contributed by atoms with Gasteiger partial charge in [0.05, 0.1) is 0 Å². The van der Waals surface area contributed by atoms with E-state index in [1.807, 2.05) is 12.1 Å². The molecule has 100 valence electrons. The minimum Gasteiger partial charge on any atom is -0.374 e. The Kier molecular flexibility index (Phi) is 4.55. The Morgan fingerprint density at radius 3 is 2.33 bits per heavy atom. The van der Waals surface area contributed by atoms with Crippen LogP contribution in [-0.2, 0) is 0 Å². The number of aliphatic hydroxyl groups excluding tert-OH is 1. The quantitative estimate of drug-likeness (QED) is 0.713. The van der Waals surface area contributed by atoms with E-state index in [0.29, 0.717) is 11.8 Å². The Balaban J connectivity index is 1.82. The summed E-state index contributed by atoms with van der Waals surface area (Å²) >= 11 is 0. The van der Waals surface area contributed by atoms with Crippen LogP contribution in [0.15, 0.2) is 24.5 Å². The van der Waals surface area contributed by atoms with Gasteiger partial charge in [-0.2, -0.15) is 0 Å². The molecule has 1 aromatic heterocycles. The van der Waals surface area contributed by atoms with Crippen LogP contribution in [0.4, 0.5) is 5.69 Å². The molecule has 0 bridgehead atoms. The molecule has 0 aliphatic heterocycles. The van der Waals surface area contributed by atoms with E-state index >= 15 is 0 Å². The summed E-state index contributed by atoms with van der Waals surface area (Å²) < 4.78 is 0. The molecule has 0 spiro atoms. The average Bonchev–Trinajstić information content (AvgIpc) is 2.40. The number of anilines is 1. The van der Waals surface area contributed by atoms with Gasteiger partial charge >= 0.3 is 0 Å². The van der Waals surface area contributed by atoms with Gasteiger partial charge in [-0.15, -0.1) is 0 Å². The predicted molar refractivity (Wildman–Crippen MR) is 73.0 cm³/mol. The van der Waals surface area contributed by atoms with Gasteiger partial charge in [-0.05, 0) is 50.7 Å². The first-order valence-electron chi connectivity index (χ1n) is 6.77. The second-order valence-corrected chi connectivity index (χ2v) is 5.36. The van der Waals surface area contributed by atoms with E-state index < -0.39 is 6.23 Å². The maximum atomic E-state index is 10.2. The SMILES string of the molecule is CC(N)C1CCC([C@H](O)Nc2ccncc2)CC1. The zero-order valence-corrected chi connectivity index (χ0v) is 10.9. The summed E-state index contributed by atoms with van der Waals surface area (Å²) in [5.74, 6) is 0.947. The number of nitrogens with two attached hydrogens (primary N) is 1. The summed E-state index contributed by atoms with van der Waals surface area (Å²) in [6, 6.07) is 4.02. The molecule has 2 rings (SSSR count). The molecule has 1 aliphatic rings. The lowest BCUT2D eigenvalue weighted by Gasteiger charge is -2.33. The van der Waals surface area contributed by atoms with Gasteiger partial charge in [0.15, 0.2) is 0 Å². The fraction of sp³-hybridized carbons (Fsp3) is 0.643. The van der Waals surface area contributed by atoms with Crippen molar-refractivity contribution in [2.24, 2.45) is 17.6 Å². The Hall–Kier alpha value is -1.13. The van der Waals surface area contributed by atoms with Gasteiger partial charge in [0, 0.05) is 30.0 Å². The van der Waals surface area contributed by atoms with Crippen molar-refractivity contribution in [3.8, 4) is 0 Å². The molecular weight excluding hydrogens is 226 g/mol. The molecule has 1 aromatic rings. The van der Waals surface area contributed by atoms with Gasteiger partial charge < -0.3 is 16.2 Å². The van der Waals surface area contributed by atoms with Crippen molar-refractivity contribution in [1.29, 1.82) is 0 Å². The van der Waals surface area contributed by atoms with Crippen LogP contribution in [0.1, 0.15) is 32.6 Å². The van der Waals surface area contributed by atoms with Crippen molar-refractivity contribution in [1.82, 2.24) is 4.98 Å². The summed E-state index contributed by atoms with van der Waals surface area (Å²) in [5, 5.41) is 13.3. The molecule has 4 N–H and O–H groups in total. The first-order valence-corrected chi connectivity index (χ1v) is 6.77. The minimum absolute atomic E-state index is 0.274. The van der Waals surface area contributed by atoms with Crippen LogP contribution >= 0.6 is 0 Å². The minimum atomic E-state index is -0.471. The van der Waals surface area contributed by atoms with Crippen LogP contribution in [0.5, 0.6) is 0 Å². The van der Waals surface area contributed by atoms with E-state index in [-0.39, 0.29) is 6.04 Å². The molecule has 1 heterocycles. The van der Waals surface area contributed by atoms with Crippen LogP contribution in [0.2, 0.25) is 0 Å². The molecule has 4 heteroatoms. The summed E-state index contributed by atoms with van der Waals surface area (Å²) in [6.07, 6.45) is 7.32. The van der Waals surface area contributed by atoms with E-state index in [1.165, 1.54) is 0 Å². The summed E-state index contributed by atoms with van der Waals surface area (Å²) in [6.45, 7) is 2.08. The highest BCUT2D eigenvalue weighted by molar-refractivity contribution is 5.41. The molecule has 0 radical (unpaired) electrons. The smallest absolute Gasteiger partial charge is 0.127 e. The topological polar surface area (TPSA) is 71.2 Å². The first-order chi connectivity index (χ1) is 8.66. The second kappa shape index (κ2) is 6.16. The zero-order valence-electron chi connectivity index (χ0n) is 10.9. The summed E-state index contributed by atoms with van der Waals surface area (Å²) in [7, 11) is 0. The van der Waals surface area contributed by atoms with Gasteiger partial charge in [0.1, 0.15) is 6.23 Å². The zero-order chi connectivity index (χ0) is 13.0. The highest BCUT2D eigenvalue weighted by atomic mass is 16.3. The van der Waals surface area contributed by atoms with Gasteiger partial charge in [-0.25, -0.2) is 0 Å². The third-order valence-electron chi connectivity index (χ3n) is 4.00. The van der Waals surface area contributed by atoms with Crippen molar-refractivity contribution in [3.05, 3.63) is 24.5 Å². The molecule has 2 atom stereocenters. The number of pyridine rings is 1. The van der Waals surface area contributed by atoms with Crippen LogP contribution in [0.3, 0.4) is 0 Å². The van der Waals surface area contributed by atoms with Crippen LogP contribution < -0.4 is 11.1 Å². The van der Waals surface area contributed by atoms with Crippen LogP contribution in [0, 0.1) is 11.8 Å². The number of aromatic nitrogens is 1. The number of rotatable bonds is 4. The number of aliphatic hydroxyl groups is 1. The van der Waals surface area contributed by atoms with Gasteiger partial charge in [-0.3, -0.25) is 4.98 Å². The van der Waals surface area contributed by atoms with E-state index in [0.717, 1.165) is 31.4 Å². The highest BCUT2D eigenvalue weighted by Crippen LogP contribution is 2.32. The molecule has 0 saturated heterocycles. The maximum absolute atomic E-state index is 10.2. The number of hydrogen-bond acceptors (Lipinski definition) is 4. The Labute approximate surface area is 109 Å². The third-order valence-corrected chi connectivity index (χ3v) is 4.00. The normalized spacial score (nSPS) is 27.5. The van der Waals surface area contributed by atoms with Crippen molar-refractivity contribution in [2.75, 3.05) is 5.32 Å². The Morgan fingerprint density at radius 2 is 1.78 bits per heavy atom. The average molecular weight is 249 g/mol. The molecule has 18 heavy (non-hydrogen) atoms. The summed E-state index contributed by atoms with van der Waals surface area (Å²) in [4.78, 5) is 3.96. The largest absolute Gasteiger partial charge is 0.374 e. The monoisotopic (exact) mass is 249 g/mol. The van der Waals surface area contributed by atoms with E-state index in [9.17, 15) is 5.11 Å². The fourth-order valence-electron chi connectivity index (χ4n) is 2.72. The number of nitrogens with zero attached hydrogens (tertiary/aromatic N) is 1. The second-order valence-electron chi connectivity index (χ2n) is 5.36. The highest BCUT2D eigenvalue weighted by Gasteiger charge is 2.27. The van der Waals surface area contributed by atoms with E-state index in [4.69, 9.17) is 5.73 Å². The van der Waals surface area contributed by atoms with Gasteiger partial charge in [-0.1, -0.05) is 0 Å². The van der Waals surface area contributed by atoms with E-state index in [1.54, 1.807) is 12.4 Å². The van der Waals surface area contributed by atoms with Crippen LogP contribution in [-0.4, -0.2) is 22.4 Å². The van der Waals surface area contributed by atoms with Gasteiger partial charge in [0.2, 0.25) is 0 Å². The van der Waals surface area contributed by atoms with Crippen molar-refractivity contribution in [2.45, 2.75) is 44.9 Å². The molecule has 4 nitrogen and oxygen atoms in total. The number of hydrogen-bond donors (Lipinski definition) is 3. The first kappa shape index (κ1) is 13.3. The summed E-state index contributed by atoms with van der Waals surface area (Å²) in [5.41, 5.74) is 6.85.